The number of anilines is 2. The second kappa shape index (κ2) is 8.68. The fourth-order valence-electron chi connectivity index (χ4n) is 2.45. The Hall–Kier alpha value is -2.58. The molecule has 0 atom stereocenters. The van der Waals surface area contributed by atoms with Crippen molar-refractivity contribution in [3.63, 3.8) is 0 Å². The first kappa shape index (κ1) is 19.7. The van der Waals surface area contributed by atoms with Crippen molar-refractivity contribution >= 4 is 27.3 Å². The van der Waals surface area contributed by atoms with Crippen LogP contribution >= 0.6 is 0 Å². The second-order valence-electron chi connectivity index (χ2n) is 5.62. The molecule has 2 rings (SSSR count). The van der Waals surface area contributed by atoms with Gasteiger partial charge in [0.1, 0.15) is 12.3 Å². The van der Waals surface area contributed by atoms with E-state index in [1.165, 1.54) is 7.11 Å². The van der Waals surface area contributed by atoms with Crippen LogP contribution in [0.5, 0.6) is 5.75 Å². The SMILES string of the molecule is COCc1cccc(NC(=O)CN(c2ccccc2OC)S(C)(=O)=O)c1. The molecule has 7 nitrogen and oxygen atoms in total. The summed E-state index contributed by atoms with van der Waals surface area (Å²) in [7, 11) is -0.651. The number of ether oxygens (including phenoxy) is 2. The molecule has 0 saturated carbocycles. The van der Waals surface area contributed by atoms with Crippen LogP contribution in [-0.4, -0.2) is 41.3 Å². The van der Waals surface area contributed by atoms with Gasteiger partial charge < -0.3 is 14.8 Å². The summed E-state index contributed by atoms with van der Waals surface area (Å²) in [6, 6.07) is 13.8. The summed E-state index contributed by atoms with van der Waals surface area (Å²) in [6.07, 6.45) is 1.05. The largest absolute Gasteiger partial charge is 0.495 e. The van der Waals surface area contributed by atoms with Gasteiger partial charge in [0.25, 0.3) is 0 Å². The number of nitrogens with one attached hydrogen (secondary N) is 1. The van der Waals surface area contributed by atoms with Crippen molar-refractivity contribution in [2.24, 2.45) is 0 Å². The van der Waals surface area contributed by atoms with E-state index in [0.717, 1.165) is 16.1 Å². The number of amides is 1. The fraction of sp³-hybridized carbons (Fsp3) is 0.278. The monoisotopic (exact) mass is 378 g/mol. The number of para-hydroxylation sites is 2. The van der Waals surface area contributed by atoms with E-state index < -0.39 is 15.9 Å². The third kappa shape index (κ3) is 5.21. The lowest BCUT2D eigenvalue weighted by molar-refractivity contribution is -0.114. The molecule has 2 aromatic carbocycles. The first-order valence-corrected chi connectivity index (χ1v) is 9.68. The lowest BCUT2D eigenvalue weighted by Crippen LogP contribution is -2.37. The normalized spacial score (nSPS) is 11.0. The Balaban J connectivity index is 2.21. The minimum Gasteiger partial charge on any atom is -0.495 e. The summed E-state index contributed by atoms with van der Waals surface area (Å²) >= 11 is 0. The average molecular weight is 378 g/mol. The highest BCUT2D eigenvalue weighted by Crippen LogP contribution is 2.29. The summed E-state index contributed by atoms with van der Waals surface area (Å²) in [5.74, 6) is -0.0938. The maximum Gasteiger partial charge on any atom is 0.245 e. The second-order valence-corrected chi connectivity index (χ2v) is 7.53. The van der Waals surface area contributed by atoms with Gasteiger partial charge in [0.2, 0.25) is 15.9 Å². The van der Waals surface area contributed by atoms with Crippen molar-refractivity contribution in [2.45, 2.75) is 6.61 Å². The van der Waals surface area contributed by atoms with Crippen LogP contribution in [0, 0.1) is 0 Å². The minimum absolute atomic E-state index is 0.306. The van der Waals surface area contributed by atoms with Crippen molar-refractivity contribution < 1.29 is 22.7 Å². The van der Waals surface area contributed by atoms with Crippen molar-refractivity contribution in [1.82, 2.24) is 0 Å². The van der Waals surface area contributed by atoms with E-state index >= 15 is 0 Å². The molecule has 0 aromatic heterocycles. The predicted octanol–water partition coefficient (Wildman–Crippen LogP) is 2.25. The van der Waals surface area contributed by atoms with E-state index in [9.17, 15) is 13.2 Å². The minimum atomic E-state index is -3.68. The molecule has 0 aliphatic rings. The highest BCUT2D eigenvalue weighted by atomic mass is 32.2. The summed E-state index contributed by atoms with van der Waals surface area (Å²) in [5.41, 5.74) is 1.77. The highest BCUT2D eigenvalue weighted by Gasteiger charge is 2.23. The van der Waals surface area contributed by atoms with Crippen LogP contribution in [-0.2, 0) is 26.2 Å². The Kier molecular flexibility index (Phi) is 6.59. The van der Waals surface area contributed by atoms with Gasteiger partial charge in [-0.15, -0.1) is 0 Å². The quantitative estimate of drug-likeness (QED) is 0.762. The zero-order valence-electron chi connectivity index (χ0n) is 14.9. The van der Waals surface area contributed by atoms with E-state index in [4.69, 9.17) is 9.47 Å². The Labute approximate surface area is 153 Å². The summed E-state index contributed by atoms with van der Waals surface area (Å²) < 4.78 is 35.7. The Morgan fingerprint density at radius 1 is 1.12 bits per heavy atom. The van der Waals surface area contributed by atoms with Crippen LogP contribution in [0.25, 0.3) is 0 Å². The zero-order chi connectivity index (χ0) is 19.2. The number of nitrogens with zero attached hydrogens (tertiary/aromatic N) is 1. The summed E-state index contributed by atoms with van der Waals surface area (Å²) in [4.78, 5) is 12.4. The molecule has 140 valence electrons. The zero-order valence-corrected chi connectivity index (χ0v) is 15.7. The molecule has 8 heteroatoms. The Morgan fingerprint density at radius 3 is 2.50 bits per heavy atom. The topological polar surface area (TPSA) is 84.9 Å². The number of benzene rings is 2. The van der Waals surface area contributed by atoms with Crippen molar-refractivity contribution in [3.05, 3.63) is 54.1 Å². The van der Waals surface area contributed by atoms with Crippen LogP contribution < -0.4 is 14.4 Å². The van der Waals surface area contributed by atoms with Crippen LogP contribution in [0.4, 0.5) is 11.4 Å². The molecule has 1 amide bonds. The van der Waals surface area contributed by atoms with E-state index in [0.29, 0.717) is 23.7 Å². The van der Waals surface area contributed by atoms with Crippen LogP contribution in [0.3, 0.4) is 0 Å². The molecular weight excluding hydrogens is 356 g/mol. The number of hydrogen-bond donors (Lipinski definition) is 1. The predicted molar refractivity (Wildman–Crippen MR) is 101 cm³/mol. The first-order valence-electron chi connectivity index (χ1n) is 7.83. The number of methoxy groups -OCH3 is 2. The number of sulfonamides is 1. The molecule has 0 heterocycles. The molecule has 0 aliphatic heterocycles. The van der Waals surface area contributed by atoms with E-state index in [-0.39, 0.29) is 6.54 Å². The third-order valence-electron chi connectivity index (χ3n) is 3.56. The van der Waals surface area contributed by atoms with Crippen LogP contribution in [0.1, 0.15) is 5.56 Å². The van der Waals surface area contributed by atoms with Gasteiger partial charge in [0.15, 0.2) is 0 Å². The fourth-order valence-corrected chi connectivity index (χ4v) is 3.31. The van der Waals surface area contributed by atoms with Gasteiger partial charge in [-0.1, -0.05) is 24.3 Å². The number of rotatable bonds is 8. The van der Waals surface area contributed by atoms with Crippen LogP contribution in [0.15, 0.2) is 48.5 Å². The highest BCUT2D eigenvalue weighted by molar-refractivity contribution is 7.92. The molecular formula is C18H22N2O5S. The van der Waals surface area contributed by atoms with Gasteiger partial charge in [-0.2, -0.15) is 0 Å². The number of carbonyl (C=O) groups excluding carboxylic acids is 1. The van der Waals surface area contributed by atoms with E-state index in [1.54, 1.807) is 49.6 Å². The average Bonchev–Trinajstić information content (AvgIpc) is 2.59. The van der Waals surface area contributed by atoms with Gasteiger partial charge >= 0.3 is 0 Å². The Bertz CT molecular complexity index is 867. The van der Waals surface area contributed by atoms with E-state index in [1.807, 2.05) is 6.07 Å². The van der Waals surface area contributed by atoms with Gasteiger partial charge in [-0.3, -0.25) is 9.10 Å². The first-order chi connectivity index (χ1) is 12.3. The molecule has 0 spiro atoms. The molecule has 26 heavy (non-hydrogen) atoms. The number of hydrogen-bond acceptors (Lipinski definition) is 5. The van der Waals surface area contributed by atoms with Gasteiger partial charge in [0, 0.05) is 12.8 Å². The standard InChI is InChI=1S/C18H22N2O5S/c1-24-13-14-7-6-8-15(11-14)19-18(21)12-20(26(3,22)23)16-9-4-5-10-17(16)25-2/h4-11H,12-13H2,1-3H3,(H,19,21). The lowest BCUT2D eigenvalue weighted by atomic mass is 10.2. The summed E-state index contributed by atoms with van der Waals surface area (Å²) in [5, 5.41) is 2.71. The maximum absolute atomic E-state index is 12.4. The molecule has 0 bridgehead atoms. The van der Waals surface area contributed by atoms with Crippen molar-refractivity contribution in [3.8, 4) is 5.75 Å². The molecule has 0 unspecified atom stereocenters. The smallest absolute Gasteiger partial charge is 0.245 e. The molecule has 0 fully saturated rings. The third-order valence-corrected chi connectivity index (χ3v) is 4.69. The molecule has 0 aliphatic carbocycles. The van der Waals surface area contributed by atoms with Crippen molar-refractivity contribution in [1.29, 1.82) is 0 Å². The molecule has 0 radical (unpaired) electrons. The van der Waals surface area contributed by atoms with Gasteiger partial charge in [0.05, 0.1) is 25.7 Å². The van der Waals surface area contributed by atoms with E-state index in [2.05, 4.69) is 5.32 Å². The molecule has 2 aromatic rings. The summed E-state index contributed by atoms with van der Waals surface area (Å²) in [6.45, 7) is 0.0497. The van der Waals surface area contributed by atoms with Crippen molar-refractivity contribution in [2.75, 3.05) is 36.6 Å². The number of carbonyl (C=O) groups is 1. The maximum atomic E-state index is 12.4. The Morgan fingerprint density at radius 2 is 1.85 bits per heavy atom. The molecule has 0 saturated heterocycles. The van der Waals surface area contributed by atoms with Gasteiger partial charge in [-0.25, -0.2) is 8.42 Å². The lowest BCUT2D eigenvalue weighted by Gasteiger charge is -2.23. The van der Waals surface area contributed by atoms with Crippen LogP contribution in [0.2, 0.25) is 0 Å². The molecule has 1 N–H and O–H groups in total. The van der Waals surface area contributed by atoms with Gasteiger partial charge in [-0.05, 0) is 29.8 Å².